The summed E-state index contributed by atoms with van der Waals surface area (Å²) in [7, 11) is 1.60. The second kappa shape index (κ2) is 9.54. The Morgan fingerprint density at radius 3 is 2.58 bits per heavy atom. The number of benzene rings is 1. The number of carbonyl (C=O) groups is 2. The molecule has 0 aliphatic carbocycles. The minimum Gasteiger partial charge on any atom is -0.497 e. The van der Waals surface area contributed by atoms with Crippen molar-refractivity contribution < 1.29 is 24.2 Å². The summed E-state index contributed by atoms with van der Waals surface area (Å²) in [6.45, 7) is 1.35. The summed E-state index contributed by atoms with van der Waals surface area (Å²) in [6.07, 6.45) is 1.46. The minimum atomic E-state index is -0.856. The first kappa shape index (κ1) is 18.6. The van der Waals surface area contributed by atoms with Crippen LogP contribution in [-0.4, -0.2) is 49.6 Å². The standard InChI is InChI=1S/C17H23NO5S/c1-22-13-2-4-14(5-3-13)24-11-16(19)18-10-15(17(20)21)12-6-8-23-9-7-12/h2-5,12,15H,6-11H2,1H3,(H,18,19)(H,20,21). The van der Waals surface area contributed by atoms with Gasteiger partial charge in [0.2, 0.25) is 5.91 Å². The Morgan fingerprint density at radius 2 is 2.00 bits per heavy atom. The highest BCUT2D eigenvalue weighted by Crippen LogP contribution is 2.24. The van der Waals surface area contributed by atoms with Crippen molar-refractivity contribution in [3.8, 4) is 5.75 Å². The molecule has 1 fully saturated rings. The van der Waals surface area contributed by atoms with Crippen LogP contribution in [0.3, 0.4) is 0 Å². The normalized spacial score (nSPS) is 16.4. The van der Waals surface area contributed by atoms with Gasteiger partial charge in [-0.2, -0.15) is 0 Å². The Bertz CT molecular complexity index is 542. The number of carboxylic acids is 1. The fraction of sp³-hybridized carbons (Fsp3) is 0.529. The number of amides is 1. The molecule has 1 saturated heterocycles. The fourth-order valence-corrected chi connectivity index (χ4v) is 3.40. The molecule has 1 atom stereocenters. The Kier molecular flexibility index (Phi) is 7.39. The molecule has 24 heavy (non-hydrogen) atoms. The van der Waals surface area contributed by atoms with Crippen LogP contribution in [-0.2, 0) is 14.3 Å². The molecule has 0 aromatic heterocycles. The molecule has 1 heterocycles. The van der Waals surface area contributed by atoms with Crippen LogP contribution in [0.2, 0.25) is 0 Å². The number of hydrogen-bond acceptors (Lipinski definition) is 5. The van der Waals surface area contributed by atoms with Gasteiger partial charge in [0.05, 0.1) is 18.8 Å². The third-order valence-corrected chi connectivity index (χ3v) is 5.11. The van der Waals surface area contributed by atoms with Gasteiger partial charge in [0.25, 0.3) is 0 Å². The van der Waals surface area contributed by atoms with Crippen molar-refractivity contribution >= 4 is 23.6 Å². The Labute approximate surface area is 145 Å². The Balaban J connectivity index is 1.76. The topological polar surface area (TPSA) is 84.9 Å². The van der Waals surface area contributed by atoms with Gasteiger partial charge in [0.1, 0.15) is 5.75 Å². The number of rotatable bonds is 8. The van der Waals surface area contributed by atoms with Crippen molar-refractivity contribution in [3.63, 3.8) is 0 Å². The van der Waals surface area contributed by atoms with Gasteiger partial charge in [-0.15, -0.1) is 11.8 Å². The number of aliphatic carboxylic acids is 1. The zero-order valence-electron chi connectivity index (χ0n) is 13.7. The lowest BCUT2D eigenvalue weighted by molar-refractivity contribution is -0.144. The van der Waals surface area contributed by atoms with Crippen LogP contribution < -0.4 is 10.1 Å². The second-order valence-corrected chi connectivity index (χ2v) is 6.71. The molecule has 0 saturated carbocycles. The van der Waals surface area contributed by atoms with Crippen LogP contribution >= 0.6 is 11.8 Å². The predicted octanol–water partition coefficient (Wildman–Crippen LogP) is 2.03. The summed E-state index contributed by atoms with van der Waals surface area (Å²) in [5, 5.41) is 12.1. The van der Waals surface area contributed by atoms with E-state index in [2.05, 4.69) is 5.32 Å². The summed E-state index contributed by atoms with van der Waals surface area (Å²) in [6, 6.07) is 7.45. The van der Waals surface area contributed by atoms with E-state index < -0.39 is 11.9 Å². The highest BCUT2D eigenvalue weighted by molar-refractivity contribution is 8.00. The quantitative estimate of drug-likeness (QED) is 0.696. The van der Waals surface area contributed by atoms with Crippen molar-refractivity contribution in [2.75, 3.05) is 32.6 Å². The molecule has 0 bridgehead atoms. The van der Waals surface area contributed by atoms with Gasteiger partial charge in [0, 0.05) is 24.7 Å². The average molecular weight is 353 g/mol. The van der Waals surface area contributed by atoms with Crippen LogP contribution in [0, 0.1) is 11.8 Å². The van der Waals surface area contributed by atoms with E-state index in [-0.39, 0.29) is 24.1 Å². The molecule has 132 valence electrons. The lowest BCUT2D eigenvalue weighted by Crippen LogP contribution is -2.39. The van der Waals surface area contributed by atoms with Crippen molar-refractivity contribution in [1.82, 2.24) is 5.32 Å². The molecule has 0 radical (unpaired) electrons. The van der Waals surface area contributed by atoms with Crippen LogP contribution in [0.1, 0.15) is 12.8 Å². The molecular formula is C17H23NO5S. The molecule has 6 nitrogen and oxygen atoms in total. The maximum atomic E-state index is 12.0. The SMILES string of the molecule is COc1ccc(SCC(=O)NCC(C(=O)O)C2CCOCC2)cc1. The van der Waals surface area contributed by atoms with Crippen LogP contribution in [0.5, 0.6) is 5.75 Å². The Hall–Kier alpha value is -1.73. The highest BCUT2D eigenvalue weighted by atomic mass is 32.2. The van der Waals surface area contributed by atoms with E-state index in [4.69, 9.17) is 9.47 Å². The summed E-state index contributed by atoms with van der Waals surface area (Å²) in [5.41, 5.74) is 0. The van der Waals surface area contributed by atoms with Crippen LogP contribution in [0.25, 0.3) is 0 Å². The van der Waals surface area contributed by atoms with E-state index in [1.54, 1.807) is 7.11 Å². The van der Waals surface area contributed by atoms with Gasteiger partial charge in [-0.1, -0.05) is 0 Å². The van der Waals surface area contributed by atoms with E-state index in [1.807, 2.05) is 24.3 Å². The maximum Gasteiger partial charge on any atom is 0.308 e. The third-order valence-electron chi connectivity index (χ3n) is 4.10. The first-order valence-electron chi connectivity index (χ1n) is 7.94. The van der Waals surface area contributed by atoms with E-state index >= 15 is 0 Å². The van der Waals surface area contributed by atoms with E-state index in [0.717, 1.165) is 23.5 Å². The molecule has 1 aromatic carbocycles. The van der Waals surface area contributed by atoms with Crippen molar-refractivity contribution in [2.24, 2.45) is 11.8 Å². The summed E-state index contributed by atoms with van der Waals surface area (Å²) >= 11 is 1.41. The minimum absolute atomic E-state index is 0.0609. The molecule has 1 unspecified atom stereocenters. The monoisotopic (exact) mass is 353 g/mol. The van der Waals surface area contributed by atoms with E-state index in [1.165, 1.54) is 11.8 Å². The number of ether oxygens (including phenoxy) is 2. The van der Waals surface area contributed by atoms with Crippen molar-refractivity contribution in [2.45, 2.75) is 17.7 Å². The van der Waals surface area contributed by atoms with E-state index in [9.17, 15) is 14.7 Å². The number of methoxy groups -OCH3 is 1. The zero-order chi connectivity index (χ0) is 17.4. The molecule has 1 amide bonds. The molecule has 2 rings (SSSR count). The van der Waals surface area contributed by atoms with Gasteiger partial charge >= 0.3 is 5.97 Å². The van der Waals surface area contributed by atoms with Crippen molar-refractivity contribution in [1.29, 1.82) is 0 Å². The molecular weight excluding hydrogens is 330 g/mol. The van der Waals surface area contributed by atoms with Gasteiger partial charge in [-0.3, -0.25) is 9.59 Å². The summed E-state index contributed by atoms with van der Waals surface area (Å²) in [4.78, 5) is 24.4. The first-order chi connectivity index (χ1) is 11.6. The number of nitrogens with one attached hydrogen (secondary N) is 1. The first-order valence-corrected chi connectivity index (χ1v) is 8.93. The van der Waals surface area contributed by atoms with Gasteiger partial charge in [0.15, 0.2) is 0 Å². The number of hydrogen-bond donors (Lipinski definition) is 2. The molecule has 7 heteroatoms. The molecule has 0 spiro atoms. The van der Waals surface area contributed by atoms with E-state index in [0.29, 0.717) is 13.2 Å². The van der Waals surface area contributed by atoms with Gasteiger partial charge in [-0.05, 0) is 43.0 Å². The predicted molar refractivity (Wildman–Crippen MR) is 91.4 cm³/mol. The zero-order valence-corrected chi connectivity index (χ0v) is 14.5. The van der Waals surface area contributed by atoms with Crippen LogP contribution in [0.4, 0.5) is 0 Å². The fourth-order valence-electron chi connectivity index (χ4n) is 2.67. The number of carbonyl (C=O) groups excluding carboxylic acids is 1. The number of carboxylic acid groups (broad SMARTS) is 1. The Morgan fingerprint density at radius 1 is 1.33 bits per heavy atom. The molecule has 1 aliphatic heterocycles. The highest BCUT2D eigenvalue weighted by Gasteiger charge is 2.29. The van der Waals surface area contributed by atoms with Crippen LogP contribution in [0.15, 0.2) is 29.2 Å². The average Bonchev–Trinajstić information content (AvgIpc) is 2.61. The third kappa shape index (κ3) is 5.72. The summed E-state index contributed by atoms with van der Waals surface area (Å²) in [5.74, 6) is -0.481. The van der Waals surface area contributed by atoms with Crippen molar-refractivity contribution in [3.05, 3.63) is 24.3 Å². The summed E-state index contributed by atoms with van der Waals surface area (Å²) < 4.78 is 10.4. The molecule has 1 aromatic rings. The molecule has 2 N–H and O–H groups in total. The molecule has 1 aliphatic rings. The lowest BCUT2D eigenvalue weighted by Gasteiger charge is -2.27. The largest absolute Gasteiger partial charge is 0.497 e. The number of thioether (sulfide) groups is 1. The van der Waals surface area contributed by atoms with Gasteiger partial charge in [-0.25, -0.2) is 0 Å². The smallest absolute Gasteiger partial charge is 0.308 e. The van der Waals surface area contributed by atoms with Gasteiger partial charge < -0.3 is 19.9 Å². The maximum absolute atomic E-state index is 12.0. The lowest BCUT2D eigenvalue weighted by atomic mass is 9.86. The second-order valence-electron chi connectivity index (χ2n) is 5.66.